The Morgan fingerprint density at radius 2 is 1.97 bits per heavy atom. The predicted molar refractivity (Wildman–Crippen MR) is 111 cm³/mol. The molecule has 0 spiro atoms. The Morgan fingerprint density at radius 1 is 1.21 bits per heavy atom. The lowest BCUT2D eigenvalue weighted by Crippen LogP contribution is -2.08. The second-order valence-corrected chi connectivity index (χ2v) is 7.25. The number of amides is 1. The third-order valence-corrected chi connectivity index (χ3v) is 4.65. The number of benzene rings is 2. The van der Waals surface area contributed by atoms with Crippen molar-refractivity contribution in [2.24, 2.45) is 4.99 Å². The third kappa shape index (κ3) is 4.18. The molecule has 0 bridgehead atoms. The van der Waals surface area contributed by atoms with Gasteiger partial charge in [-0.2, -0.15) is 0 Å². The molecule has 146 valence electrons. The SMILES string of the molecule is CC(=O)Nc1ccc(C2=N/C(=C/C3=Cc4cc(Cl)cc(Cl)c4OC3)C(=O)O2)cc1. The van der Waals surface area contributed by atoms with Gasteiger partial charge in [0.15, 0.2) is 5.70 Å². The molecule has 0 saturated carbocycles. The fourth-order valence-corrected chi connectivity index (χ4v) is 3.49. The van der Waals surface area contributed by atoms with Crippen LogP contribution in [0.25, 0.3) is 6.08 Å². The second-order valence-electron chi connectivity index (χ2n) is 6.41. The molecular formula is C21H14Cl2N2O4. The number of nitrogens with one attached hydrogen (secondary N) is 1. The van der Waals surface area contributed by atoms with Crippen LogP contribution in [0.15, 0.2) is 58.7 Å². The molecule has 2 aromatic carbocycles. The van der Waals surface area contributed by atoms with Crippen molar-refractivity contribution in [2.75, 3.05) is 11.9 Å². The van der Waals surface area contributed by atoms with Crippen LogP contribution in [0.5, 0.6) is 5.75 Å². The standard InChI is InChI=1S/C21H14Cl2N2O4/c1-11(26)24-16-4-2-13(3-5-16)20-25-18(21(27)29-20)7-12-6-14-8-15(22)9-17(23)19(14)28-10-12/h2-9H,10H2,1H3,(H,24,26)/b18-7+. The summed E-state index contributed by atoms with van der Waals surface area (Å²) in [6.07, 6.45) is 3.45. The molecule has 6 nitrogen and oxygen atoms in total. The van der Waals surface area contributed by atoms with Gasteiger partial charge in [-0.1, -0.05) is 23.2 Å². The average molecular weight is 429 g/mol. The number of hydrogen-bond donors (Lipinski definition) is 1. The molecule has 0 saturated heterocycles. The normalized spacial score (nSPS) is 16.5. The van der Waals surface area contributed by atoms with E-state index in [2.05, 4.69) is 10.3 Å². The second kappa shape index (κ2) is 7.73. The number of cyclic esters (lactones) is 1. The van der Waals surface area contributed by atoms with E-state index in [9.17, 15) is 9.59 Å². The van der Waals surface area contributed by atoms with Gasteiger partial charge >= 0.3 is 5.97 Å². The molecule has 2 aliphatic rings. The molecule has 8 heteroatoms. The van der Waals surface area contributed by atoms with Crippen LogP contribution in [0.3, 0.4) is 0 Å². The summed E-state index contributed by atoms with van der Waals surface area (Å²) in [6.45, 7) is 1.67. The van der Waals surface area contributed by atoms with Crippen LogP contribution in [-0.2, 0) is 14.3 Å². The third-order valence-electron chi connectivity index (χ3n) is 4.16. The summed E-state index contributed by atoms with van der Waals surface area (Å²) in [5.41, 5.74) is 2.88. The molecule has 0 radical (unpaired) electrons. The molecule has 29 heavy (non-hydrogen) atoms. The van der Waals surface area contributed by atoms with Crippen molar-refractivity contribution >= 4 is 52.7 Å². The van der Waals surface area contributed by atoms with Gasteiger partial charge < -0.3 is 14.8 Å². The average Bonchev–Trinajstić information content (AvgIpc) is 3.02. The van der Waals surface area contributed by atoms with Crippen molar-refractivity contribution in [1.82, 2.24) is 0 Å². The highest BCUT2D eigenvalue weighted by Gasteiger charge is 2.25. The number of esters is 1. The molecule has 4 rings (SSSR count). The molecule has 2 aliphatic heterocycles. The number of halogens is 2. The number of fused-ring (bicyclic) bond motifs is 1. The van der Waals surface area contributed by atoms with Crippen molar-refractivity contribution in [3.63, 3.8) is 0 Å². The molecule has 1 amide bonds. The first kappa shape index (κ1) is 19.2. The topological polar surface area (TPSA) is 77.0 Å². The Hall–Kier alpha value is -3.09. The molecular weight excluding hydrogens is 415 g/mol. The Kier molecular flexibility index (Phi) is 5.13. The van der Waals surface area contributed by atoms with Crippen LogP contribution in [0.4, 0.5) is 5.69 Å². The van der Waals surface area contributed by atoms with Gasteiger partial charge in [-0.3, -0.25) is 4.79 Å². The number of carbonyl (C=O) groups excluding carboxylic acids is 2. The molecule has 0 fully saturated rings. The highest BCUT2D eigenvalue weighted by molar-refractivity contribution is 6.36. The van der Waals surface area contributed by atoms with Crippen molar-refractivity contribution in [2.45, 2.75) is 6.92 Å². The zero-order chi connectivity index (χ0) is 20.5. The summed E-state index contributed by atoms with van der Waals surface area (Å²) in [6, 6.07) is 10.2. The number of hydrogen-bond acceptors (Lipinski definition) is 5. The minimum absolute atomic E-state index is 0.164. The summed E-state index contributed by atoms with van der Waals surface area (Å²) in [5.74, 6) is 0.0246. The van der Waals surface area contributed by atoms with E-state index in [0.29, 0.717) is 27.0 Å². The van der Waals surface area contributed by atoms with Crippen molar-refractivity contribution in [1.29, 1.82) is 0 Å². The lowest BCUT2D eigenvalue weighted by atomic mass is 10.1. The maximum atomic E-state index is 12.2. The summed E-state index contributed by atoms with van der Waals surface area (Å²) >= 11 is 12.2. The quantitative estimate of drug-likeness (QED) is 0.571. The van der Waals surface area contributed by atoms with Crippen LogP contribution in [0.1, 0.15) is 18.1 Å². The van der Waals surface area contributed by atoms with Gasteiger partial charge in [-0.05, 0) is 54.1 Å². The van der Waals surface area contributed by atoms with E-state index in [1.54, 1.807) is 42.5 Å². The smallest absolute Gasteiger partial charge is 0.363 e. The fourth-order valence-electron chi connectivity index (χ4n) is 2.93. The maximum absolute atomic E-state index is 12.2. The Bertz CT molecular complexity index is 1120. The summed E-state index contributed by atoms with van der Waals surface area (Å²) in [4.78, 5) is 27.6. The number of ether oxygens (including phenoxy) is 2. The van der Waals surface area contributed by atoms with Gasteiger partial charge in [0.25, 0.3) is 0 Å². The molecule has 2 aromatic rings. The van der Waals surface area contributed by atoms with Crippen molar-refractivity contribution in [3.8, 4) is 5.75 Å². The van der Waals surface area contributed by atoms with Crippen LogP contribution in [-0.4, -0.2) is 24.4 Å². The number of nitrogens with zero attached hydrogens (tertiary/aromatic N) is 1. The lowest BCUT2D eigenvalue weighted by Gasteiger charge is -2.17. The van der Waals surface area contributed by atoms with E-state index < -0.39 is 5.97 Å². The van der Waals surface area contributed by atoms with E-state index in [1.165, 1.54) is 6.92 Å². The number of carbonyl (C=O) groups is 2. The van der Waals surface area contributed by atoms with E-state index in [-0.39, 0.29) is 24.1 Å². The molecule has 0 atom stereocenters. The molecule has 1 N–H and O–H groups in total. The van der Waals surface area contributed by atoms with Crippen LogP contribution in [0.2, 0.25) is 10.0 Å². The first-order chi connectivity index (χ1) is 13.9. The summed E-state index contributed by atoms with van der Waals surface area (Å²) in [7, 11) is 0. The highest BCUT2D eigenvalue weighted by Crippen LogP contribution is 2.37. The molecule has 0 unspecified atom stereocenters. The lowest BCUT2D eigenvalue weighted by molar-refractivity contribution is -0.130. The van der Waals surface area contributed by atoms with Gasteiger partial charge in [0.2, 0.25) is 11.8 Å². The van der Waals surface area contributed by atoms with E-state index in [0.717, 1.165) is 11.1 Å². The molecule has 0 aliphatic carbocycles. The molecule has 0 aromatic heterocycles. The maximum Gasteiger partial charge on any atom is 0.363 e. The van der Waals surface area contributed by atoms with Crippen LogP contribution in [0, 0.1) is 0 Å². The number of rotatable bonds is 3. The van der Waals surface area contributed by atoms with E-state index in [4.69, 9.17) is 32.7 Å². The minimum Gasteiger partial charge on any atom is -0.487 e. The van der Waals surface area contributed by atoms with Gasteiger partial charge in [-0.15, -0.1) is 0 Å². The molecule has 2 heterocycles. The van der Waals surface area contributed by atoms with Gasteiger partial charge in [0, 0.05) is 28.8 Å². The van der Waals surface area contributed by atoms with E-state index in [1.807, 2.05) is 6.08 Å². The first-order valence-corrected chi connectivity index (χ1v) is 9.37. The monoisotopic (exact) mass is 428 g/mol. The van der Waals surface area contributed by atoms with Crippen molar-refractivity contribution < 1.29 is 19.1 Å². The zero-order valence-corrected chi connectivity index (χ0v) is 16.7. The zero-order valence-electron chi connectivity index (χ0n) is 15.2. The number of aliphatic imine (C=N–C) groups is 1. The highest BCUT2D eigenvalue weighted by atomic mass is 35.5. The van der Waals surface area contributed by atoms with E-state index >= 15 is 0 Å². The van der Waals surface area contributed by atoms with Gasteiger partial charge in [0.1, 0.15) is 12.4 Å². The van der Waals surface area contributed by atoms with Crippen LogP contribution >= 0.6 is 23.2 Å². The fraction of sp³-hybridized carbons (Fsp3) is 0.0952. The Labute approximate surface area is 176 Å². The van der Waals surface area contributed by atoms with Crippen LogP contribution < -0.4 is 10.1 Å². The summed E-state index contributed by atoms with van der Waals surface area (Å²) in [5, 5.41) is 3.59. The predicted octanol–water partition coefficient (Wildman–Crippen LogP) is 4.62. The Morgan fingerprint density at radius 3 is 2.69 bits per heavy atom. The summed E-state index contributed by atoms with van der Waals surface area (Å²) < 4.78 is 11.0. The first-order valence-electron chi connectivity index (χ1n) is 8.62. The largest absolute Gasteiger partial charge is 0.487 e. The number of anilines is 1. The van der Waals surface area contributed by atoms with Gasteiger partial charge in [-0.25, -0.2) is 9.79 Å². The van der Waals surface area contributed by atoms with Crippen molar-refractivity contribution in [3.05, 3.63) is 74.9 Å². The minimum atomic E-state index is -0.554. The Balaban J connectivity index is 1.60. The van der Waals surface area contributed by atoms with Gasteiger partial charge in [0.05, 0.1) is 5.02 Å².